The average molecular weight is 400 g/mol. The number of carbonyl (C=O) groups is 1. The molecule has 0 aromatic heterocycles. The lowest BCUT2D eigenvalue weighted by Gasteiger charge is -2.56. The third kappa shape index (κ3) is 4.56. The minimum atomic E-state index is -0.449. The van der Waals surface area contributed by atoms with Crippen LogP contribution in [0.5, 0.6) is 0 Å². The van der Waals surface area contributed by atoms with E-state index in [-0.39, 0.29) is 11.5 Å². The van der Waals surface area contributed by atoms with Crippen molar-refractivity contribution in [1.82, 2.24) is 15.1 Å². The molecule has 1 aromatic rings. The Morgan fingerprint density at radius 2 is 2.00 bits per heavy atom. The number of hydrogen-bond donors (Lipinski definition) is 1. The summed E-state index contributed by atoms with van der Waals surface area (Å²) in [5, 5.41) is 3.06. The van der Waals surface area contributed by atoms with Gasteiger partial charge in [-0.25, -0.2) is 4.39 Å². The van der Waals surface area contributed by atoms with Gasteiger partial charge in [0.1, 0.15) is 5.82 Å². The van der Waals surface area contributed by atoms with Crippen molar-refractivity contribution in [3.05, 3.63) is 47.3 Å². The summed E-state index contributed by atoms with van der Waals surface area (Å²) in [5.74, 6) is 0.554. The Morgan fingerprint density at radius 3 is 2.79 bits per heavy atom. The summed E-state index contributed by atoms with van der Waals surface area (Å²) in [7, 11) is 0. The zero-order chi connectivity index (χ0) is 20.4. The summed E-state index contributed by atoms with van der Waals surface area (Å²) in [5.41, 5.74) is 1.51. The maximum atomic E-state index is 14.0. The van der Waals surface area contributed by atoms with Gasteiger partial charge >= 0.3 is 0 Å². The highest BCUT2D eigenvalue weighted by Crippen LogP contribution is 2.41. The van der Waals surface area contributed by atoms with E-state index in [1.54, 1.807) is 18.2 Å². The van der Waals surface area contributed by atoms with Gasteiger partial charge in [-0.3, -0.25) is 14.6 Å². The first kappa shape index (κ1) is 20.5. The van der Waals surface area contributed by atoms with Crippen LogP contribution in [0.2, 0.25) is 0 Å². The fourth-order valence-electron chi connectivity index (χ4n) is 5.68. The largest absolute Gasteiger partial charge is 0.350 e. The van der Waals surface area contributed by atoms with Gasteiger partial charge in [0, 0.05) is 38.3 Å². The summed E-state index contributed by atoms with van der Waals surface area (Å²) in [6.45, 7) is 9.36. The predicted octanol–water partition coefficient (Wildman–Crippen LogP) is 3.70. The van der Waals surface area contributed by atoms with Gasteiger partial charge in [0.05, 0.1) is 5.56 Å². The standard InChI is InChI=1S/C24H34FN3O/c1-17(2)10-12-27-15-18-13-19(16-27)23(28-11-6-5-9-22(18)28)14-26-24(29)20-7-3-4-8-21(20)25/h3-4,7-8,10,18-19,22-23H,5-6,9,11-16H2,1-2H3,(H,26,29)/t18-,19+,22+,23+/m1/s1. The van der Waals surface area contributed by atoms with Crippen molar-refractivity contribution in [2.24, 2.45) is 11.8 Å². The van der Waals surface area contributed by atoms with Crippen LogP contribution in [0.4, 0.5) is 4.39 Å². The smallest absolute Gasteiger partial charge is 0.254 e. The van der Waals surface area contributed by atoms with Gasteiger partial charge in [-0.05, 0) is 63.6 Å². The topological polar surface area (TPSA) is 35.6 Å². The number of allylic oxidation sites excluding steroid dienone is 1. The number of rotatable bonds is 5. The van der Waals surface area contributed by atoms with Crippen molar-refractivity contribution in [2.75, 3.05) is 32.7 Å². The lowest BCUT2D eigenvalue weighted by molar-refractivity contribution is -0.0676. The van der Waals surface area contributed by atoms with E-state index in [0.717, 1.165) is 25.6 Å². The fraction of sp³-hybridized carbons (Fsp3) is 0.625. The van der Waals surface area contributed by atoms with E-state index >= 15 is 0 Å². The third-order valence-corrected chi connectivity index (χ3v) is 7.05. The molecule has 1 amide bonds. The zero-order valence-electron chi connectivity index (χ0n) is 17.7. The molecule has 3 heterocycles. The van der Waals surface area contributed by atoms with Crippen LogP contribution < -0.4 is 5.32 Å². The second-order valence-electron chi connectivity index (χ2n) is 9.31. The van der Waals surface area contributed by atoms with E-state index in [1.165, 1.54) is 43.9 Å². The zero-order valence-corrected chi connectivity index (χ0v) is 17.7. The molecule has 3 aliphatic heterocycles. The summed E-state index contributed by atoms with van der Waals surface area (Å²) < 4.78 is 14.0. The maximum Gasteiger partial charge on any atom is 0.254 e. The first-order chi connectivity index (χ1) is 14.0. The van der Waals surface area contributed by atoms with Crippen LogP contribution in [-0.4, -0.2) is 60.5 Å². The predicted molar refractivity (Wildman–Crippen MR) is 114 cm³/mol. The quantitative estimate of drug-likeness (QED) is 0.767. The van der Waals surface area contributed by atoms with Crippen LogP contribution >= 0.6 is 0 Å². The Hall–Kier alpha value is -1.72. The highest BCUT2D eigenvalue weighted by molar-refractivity contribution is 5.94. The Labute approximate surface area is 174 Å². The monoisotopic (exact) mass is 399 g/mol. The number of fused-ring (bicyclic) bond motifs is 4. The summed E-state index contributed by atoms with van der Waals surface area (Å²) in [4.78, 5) is 17.9. The summed E-state index contributed by atoms with van der Waals surface area (Å²) >= 11 is 0. The number of benzene rings is 1. The average Bonchev–Trinajstić information content (AvgIpc) is 2.72. The molecule has 0 radical (unpaired) electrons. The number of amides is 1. The molecule has 4 rings (SSSR count). The lowest BCUT2D eigenvalue weighted by atomic mass is 9.72. The van der Waals surface area contributed by atoms with Crippen molar-refractivity contribution in [2.45, 2.75) is 51.6 Å². The molecular formula is C24H34FN3O. The normalized spacial score (nSPS) is 29.8. The third-order valence-electron chi connectivity index (χ3n) is 7.05. The molecular weight excluding hydrogens is 365 g/mol. The first-order valence-electron chi connectivity index (χ1n) is 11.2. The van der Waals surface area contributed by atoms with Crippen molar-refractivity contribution in [1.29, 1.82) is 0 Å². The van der Waals surface area contributed by atoms with Gasteiger partial charge in [0.25, 0.3) is 5.91 Å². The molecule has 158 valence electrons. The van der Waals surface area contributed by atoms with E-state index in [1.807, 2.05) is 0 Å². The van der Waals surface area contributed by atoms with Crippen molar-refractivity contribution in [3.8, 4) is 0 Å². The lowest BCUT2D eigenvalue weighted by Crippen LogP contribution is -2.65. The SMILES string of the molecule is CC(C)=CCN1C[C@H]2C[C@@H](C1)[C@H](CNC(=O)c1ccccc1F)N1CCCC[C@@H]21. The number of hydrogen-bond acceptors (Lipinski definition) is 3. The molecule has 3 aliphatic rings. The molecule has 1 N–H and O–H groups in total. The highest BCUT2D eigenvalue weighted by Gasteiger charge is 2.46. The fourth-order valence-corrected chi connectivity index (χ4v) is 5.68. The minimum absolute atomic E-state index is 0.144. The molecule has 0 aliphatic carbocycles. The molecule has 4 nitrogen and oxygen atoms in total. The van der Waals surface area contributed by atoms with Gasteiger partial charge in [-0.1, -0.05) is 30.2 Å². The van der Waals surface area contributed by atoms with E-state index < -0.39 is 5.82 Å². The number of nitrogens with one attached hydrogen (secondary N) is 1. The molecule has 3 saturated heterocycles. The second kappa shape index (κ2) is 8.97. The molecule has 2 bridgehead atoms. The van der Waals surface area contributed by atoms with Crippen LogP contribution in [0.15, 0.2) is 35.9 Å². The second-order valence-corrected chi connectivity index (χ2v) is 9.31. The van der Waals surface area contributed by atoms with Gasteiger partial charge in [0.2, 0.25) is 0 Å². The number of carbonyl (C=O) groups excluding carboxylic acids is 1. The molecule has 0 spiro atoms. The number of halogens is 1. The molecule has 3 fully saturated rings. The van der Waals surface area contributed by atoms with E-state index in [4.69, 9.17) is 0 Å². The Balaban J connectivity index is 1.47. The van der Waals surface area contributed by atoms with E-state index in [0.29, 0.717) is 24.5 Å². The Morgan fingerprint density at radius 1 is 1.21 bits per heavy atom. The molecule has 0 saturated carbocycles. The van der Waals surface area contributed by atoms with Crippen LogP contribution in [-0.2, 0) is 0 Å². The molecule has 0 unspecified atom stereocenters. The number of piperidine rings is 3. The molecule has 4 atom stereocenters. The van der Waals surface area contributed by atoms with Gasteiger partial charge < -0.3 is 5.32 Å². The highest BCUT2D eigenvalue weighted by atomic mass is 19.1. The van der Waals surface area contributed by atoms with Crippen LogP contribution in [0.1, 0.15) is 49.9 Å². The summed E-state index contributed by atoms with van der Waals surface area (Å²) in [6, 6.07) is 7.23. The minimum Gasteiger partial charge on any atom is -0.350 e. The van der Waals surface area contributed by atoms with Gasteiger partial charge in [-0.2, -0.15) is 0 Å². The van der Waals surface area contributed by atoms with Crippen LogP contribution in [0, 0.1) is 17.7 Å². The van der Waals surface area contributed by atoms with Crippen LogP contribution in [0.3, 0.4) is 0 Å². The molecule has 29 heavy (non-hydrogen) atoms. The Kier molecular flexibility index (Phi) is 6.35. The van der Waals surface area contributed by atoms with E-state index in [9.17, 15) is 9.18 Å². The van der Waals surface area contributed by atoms with Crippen molar-refractivity contribution >= 4 is 5.91 Å². The maximum absolute atomic E-state index is 14.0. The summed E-state index contributed by atoms with van der Waals surface area (Å²) in [6.07, 6.45) is 7.41. The van der Waals surface area contributed by atoms with Gasteiger partial charge in [0.15, 0.2) is 0 Å². The van der Waals surface area contributed by atoms with E-state index in [2.05, 4.69) is 35.0 Å². The van der Waals surface area contributed by atoms with Crippen molar-refractivity contribution in [3.63, 3.8) is 0 Å². The molecule has 5 heteroatoms. The number of likely N-dealkylation sites (tertiary alicyclic amines) is 1. The van der Waals surface area contributed by atoms with Crippen molar-refractivity contribution < 1.29 is 9.18 Å². The number of nitrogens with zero attached hydrogens (tertiary/aromatic N) is 2. The molecule has 1 aromatic carbocycles. The first-order valence-corrected chi connectivity index (χ1v) is 11.2. The Bertz CT molecular complexity index is 760. The van der Waals surface area contributed by atoms with Crippen LogP contribution in [0.25, 0.3) is 0 Å². The van der Waals surface area contributed by atoms with Gasteiger partial charge in [-0.15, -0.1) is 0 Å².